The number of hydrogen-bond donors (Lipinski definition) is 1. The lowest BCUT2D eigenvalue weighted by molar-refractivity contribution is -0.132. The first-order valence-corrected chi connectivity index (χ1v) is 12.8. The van der Waals surface area contributed by atoms with Crippen molar-refractivity contribution in [2.45, 2.75) is 19.9 Å². The predicted molar refractivity (Wildman–Crippen MR) is 144 cm³/mol. The van der Waals surface area contributed by atoms with Crippen LogP contribution >= 0.6 is 11.3 Å². The van der Waals surface area contributed by atoms with Gasteiger partial charge in [-0.05, 0) is 79.4 Å². The fourth-order valence-electron chi connectivity index (χ4n) is 4.36. The number of anilines is 1. The van der Waals surface area contributed by atoms with Crippen molar-refractivity contribution >= 4 is 34.5 Å². The summed E-state index contributed by atoms with van der Waals surface area (Å²) in [5, 5.41) is 13.2. The average Bonchev–Trinajstić information content (AvgIpc) is 3.51. The van der Waals surface area contributed by atoms with E-state index in [0.29, 0.717) is 35.1 Å². The summed E-state index contributed by atoms with van der Waals surface area (Å²) in [6.45, 7) is 4.32. The molecule has 1 aliphatic rings. The summed E-state index contributed by atoms with van der Waals surface area (Å²) >= 11 is 1.42. The number of hydrogen-bond acceptors (Lipinski definition) is 6. The van der Waals surface area contributed by atoms with Crippen LogP contribution in [0.15, 0.2) is 95.9 Å². The first kappa shape index (κ1) is 24.3. The molecule has 3 aromatic carbocycles. The maximum Gasteiger partial charge on any atom is 0.300 e. The quantitative estimate of drug-likeness (QED) is 0.166. The second-order valence-electron chi connectivity index (χ2n) is 8.56. The number of ether oxygens (including phenoxy) is 2. The fourth-order valence-corrected chi connectivity index (χ4v) is 5.18. The number of aryl methyl sites for hydroxylation is 1. The lowest BCUT2D eigenvalue weighted by atomic mass is 9.99. The maximum atomic E-state index is 13.3. The van der Waals surface area contributed by atoms with Crippen molar-refractivity contribution in [2.75, 3.05) is 11.5 Å². The van der Waals surface area contributed by atoms with E-state index in [0.717, 1.165) is 10.4 Å². The number of benzene rings is 3. The third-order valence-electron chi connectivity index (χ3n) is 6.02. The zero-order valence-corrected chi connectivity index (χ0v) is 21.2. The Labute approximate surface area is 219 Å². The standard InChI is InChI=1S/C30H25NO5S/c1-3-35-23-9-5-8-20(18-23)28(32)26-27(25-11-6-16-37-25)31(30(34)29(26)33)21-12-14-22(15-13-21)36-24-10-4-7-19(2)17-24/h4-18,27,32H,3H2,1-2H3/b28-26-. The van der Waals surface area contributed by atoms with Crippen LogP contribution in [-0.4, -0.2) is 23.4 Å². The minimum Gasteiger partial charge on any atom is -0.507 e. The number of carbonyl (C=O) groups excluding carboxylic acids is 2. The number of thiophene rings is 1. The van der Waals surface area contributed by atoms with Crippen molar-refractivity contribution in [3.63, 3.8) is 0 Å². The molecular formula is C30H25NO5S. The number of ketones is 1. The number of aliphatic hydroxyl groups is 1. The van der Waals surface area contributed by atoms with Crippen LogP contribution in [0.4, 0.5) is 5.69 Å². The topological polar surface area (TPSA) is 76.1 Å². The lowest BCUT2D eigenvalue weighted by Crippen LogP contribution is -2.29. The van der Waals surface area contributed by atoms with Crippen molar-refractivity contribution in [1.29, 1.82) is 0 Å². The second kappa shape index (κ2) is 10.3. The third-order valence-corrected chi connectivity index (χ3v) is 6.94. The smallest absolute Gasteiger partial charge is 0.300 e. The summed E-state index contributed by atoms with van der Waals surface area (Å²) in [4.78, 5) is 28.8. The normalized spacial score (nSPS) is 16.7. The number of amides is 1. The van der Waals surface area contributed by atoms with E-state index in [1.165, 1.54) is 16.2 Å². The highest BCUT2D eigenvalue weighted by molar-refractivity contribution is 7.10. The van der Waals surface area contributed by atoms with Gasteiger partial charge in [0.25, 0.3) is 11.7 Å². The number of carbonyl (C=O) groups is 2. The molecule has 1 amide bonds. The van der Waals surface area contributed by atoms with Crippen LogP contribution in [0.25, 0.3) is 5.76 Å². The zero-order valence-electron chi connectivity index (χ0n) is 20.4. The van der Waals surface area contributed by atoms with Crippen LogP contribution in [0.3, 0.4) is 0 Å². The van der Waals surface area contributed by atoms with Gasteiger partial charge in [0.15, 0.2) is 0 Å². The number of nitrogens with zero attached hydrogens (tertiary/aromatic N) is 1. The van der Waals surface area contributed by atoms with Crippen LogP contribution in [-0.2, 0) is 9.59 Å². The van der Waals surface area contributed by atoms with E-state index >= 15 is 0 Å². The number of rotatable bonds is 7. The Morgan fingerprint density at radius 1 is 0.919 bits per heavy atom. The minimum absolute atomic E-state index is 0.0428. The van der Waals surface area contributed by atoms with Gasteiger partial charge in [-0.2, -0.15) is 0 Å². The minimum atomic E-state index is -0.765. The van der Waals surface area contributed by atoms with E-state index < -0.39 is 17.7 Å². The number of Topliss-reactive ketones (excluding diaryl/α,β-unsaturated/α-hetero) is 1. The molecule has 7 heteroatoms. The molecule has 186 valence electrons. The Kier molecular flexibility index (Phi) is 6.79. The highest BCUT2D eigenvalue weighted by Gasteiger charge is 2.47. The van der Waals surface area contributed by atoms with E-state index in [4.69, 9.17) is 9.47 Å². The molecule has 0 bridgehead atoms. The molecular weight excluding hydrogens is 486 g/mol. The van der Waals surface area contributed by atoms with Gasteiger partial charge in [0.1, 0.15) is 29.0 Å². The van der Waals surface area contributed by atoms with Crippen LogP contribution < -0.4 is 14.4 Å². The first-order chi connectivity index (χ1) is 18.0. The molecule has 1 fully saturated rings. The monoisotopic (exact) mass is 511 g/mol. The van der Waals surface area contributed by atoms with Gasteiger partial charge < -0.3 is 14.6 Å². The maximum absolute atomic E-state index is 13.3. The molecule has 0 radical (unpaired) electrons. The molecule has 1 atom stereocenters. The molecule has 1 saturated heterocycles. The molecule has 2 heterocycles. The van der Waals surface area contributed by atoms with E-state index in [-0.39, 0.29) is 11.3 Å². The Bertz CT molecular complexity index is 1470. The Morgan fingerprint density at radius 3 is 2.38 bits per heavy atom. The molecule has 5 rings (SSSR count). The summed E-state index contributed by atoms with van der Waals surface area (Å²) in [6.07, 6.45) is 0. The van der Waals surface area contributed by atoms with Crippen LogP contribution in [0.1, 0.15) is 29.0 Å². The first-order valence-electron chi connectivity index (χ1n) is 11.9. The van der Waals surface area contributed by atoms with Gasteiger partial charge in [-0.3, -0.25) is 14.5 Å². The van der Waals surface area contributed by atoms with Gasteiger partial charge >= 0.3 is 0 Å². The van der Waals surface area contributed by atoms with Gasteiger partial charge in [-0.1, -0.05) is 30.3 Å². The Hall–Kier alpha value is -4.36. The molecule has 1 aromatic heterocycles. The average molecular weight is 512 g/mol. The van der Waals surface area contributed by atoms with E-state index in [1.54, 1.807) is 48.5 Å². The molecule has 37 heavy (non-hydrogen) atoms. The molecule has 4 aromatic rings. The summed E-state index contributed by atoms with van der Waals surface area (Å²) in [6, 6.07) is 24.5. The lowest BCUT2D eigenvalue weighted by Gasteiger charge is -2.24. The van der Waals surface area contributed by atoms with Gasteiger partial charge in [0.05, 0.1) is 12.2 Å². The van der Waals surface area contributed by atoms with Crippen molar-refractivity contribution in [1.82, 2.24) is 0 Å². The second-order valence-corrected chi connectivity index (χ2v) is 9.54. The number of aliphatic hydroxyl groups excluding tert-OH is 1. The van der Waals surface area contributed by atoms with Crippen LogP contribution in [0.2, 0.25) is 0 Å². The van der Waals surface area contributed by atoms with Crippen molar-refractivity contribution in [2.24, 2.45) is 0 Å². The highest BCUT2D eigenvalue weighted by Crippen LogP contribution is 2.44. The summed E-state index contributed by atoms with van der Waals surface area (Å²) in [5.74, 6) is 0.205. The van der Waals surface area contributed by atoms with Crippen molar-refractivity contribution in [3.05, 3.63) is 112 Å². The van der Waals surface area contributed by atoms with Crippen LogP contribution in [0.5, 0.6) is 17.2 Å². The molecule has 6 nitrogen and oxygen atoms in total. The molecule has 0 saturated carbocycles. The summed E-state index contributed by atoms with van der Waals surface area (Å²) in [7, 11) is 0. The molecule has 1 aliphatic heterocycles. The molecule has 1 N–H and O–H groups in total. The SMILES string of the molecule is CCOc1cccc(/C(O)=C2/C(=O)C(=O)N(c3ccc(Oc4cccc(C)c4)cc3)C2c2cccs2)c1. The predicted octanol–water partition coefficient (Wildman–Crippen LogP) is 6.87. The Morgan fingerprint density at radius 2 is 1.68 bits per heavy atom. The summed E-state index contributed by atoms with van der Waals surface area (Å²) < 4.78 is 11.5. The zero-order chi connectivity index (χ0) is 25.9. The van der Waals surface area contributed by atoms with Crippen molar-refractivity contribution in [3.8, 4) is 17.2 Å². The van der Waals surface area contributed by atoms with Gasteiger partial charge in [0.2, 0.25) is 0 Å². The van der Waals surface area contributed by atoms with Crippen LogP contribution in [0, 0.1) is 6.92 Å². The molecule has 1 unspecified atom stereocenters. The molecule has 0 spiro atoms. The van der Waals surface area contributed by atoms with Crippen molar-refractivity contribution < 1.29 is 24.2 Å². The van der Waals surface area contributed by atoms with E-state index in [9.17, 15) is 14.7 Å². The summed E-state index contributed by atoms with van der Waals surface area (Å²) in [5.41, 5.74) is 2.06. The Balaban J connectivity index is 1.53. The van der Waals surface area contributed by atoms with Gasteiger partial charge in [-0.15, -0.1) is 11.3 Å². The molecule has 0 aliphatic carbocycles. The highest BCUT2D eigenvalue weighted by atomic mass is 32.1. The van der Waals surface area contributed by atoms with Gasteiger partial charge in [0, 0.05) is 16.1 Å². The van der Waals surface area contributed by atoms with E-state index in [2.05, 4.69) is 0 Å². The fraction of sp³-hybridized carbons (Fsp3) is 0.133. The third kappa shape index (κ3) is 4.86. The van der Waals surface area contributed by atoms with E-state index in [1.807, 2.05) is 55.6 Å². The van der Waals surface area contributed by atoms with Gasteiger partial charge in [-0.25, -0.2) is 0 Å². The largest absolute Gasteiger partial charge is 0.507 e.